The summed E-state index contributed by atoms with van der Waals surface area (Å²) in [5, 5.41) is 20.7. The number of rotatable bonds is 4. The Hall–Kier alpha value is -1.76. The number of hydrogen-bond acceptors (Lipinski definition) is 3. The number of amides is 1. The number of hydrogen-bond donors (Lipinski definition) is 3. The minimum Gasteiger partial charge on any atom is -0.503 e. The summed E-state index contributed by atoms with van der Waals surface area (Å²) in [7, 11) is 0. The third-order valence-corrected chi connectivity index (χ3v) is 3.95. The van der Waals surface area contributed by atoms with E-state index >= 15 is 0 Å². The van der Waals surface area contributed by atoms with Crippen molar-refractivity contribution in [3.8, 4) is 5.75 Å². The lowest BCUT2D eigenvalue weighted by Gasteiger charge is -2.18. The van der Waals surface area contributed by atoms with E-state index in [9.17, 15) is 18.0 Å². The molecule has 0 aliphatic heterocycles. The van der Waals surface area contributed by atoms with Crippen molar-refractivity contribution >= 4 is 5.91 Å². The zero-order valence-electron chi connectivity index (χ0n) is 11.2. The van der Waals surface area contributed by atoms with Crippen LogP contribution in [-0.4, -0.2) is 29.3 Å². The fraction of sp³-hybridized carbons (Fsp3) is 0.500. The molecular weight excluding hydrogens is 287 g/mol. The fourth-order valence-corrected chi connectivity index (χ4v) is 2.70. The van der Waals surface area contributed by atoms with Crippen LogP contribution in [0.2, 0.25) is 0 Å². The number of benzene rings is 1. The largest absolute Gasteiger partial charge is 0.503 e. The molecule has 0 aromatic heterocycles. The van der Waals surface area contributed by atoms with Gasteiger partial charge in [0.05, 0.1) is 5.56 Å². The van der Waals surface area contributed by atoms with Crippen LogP contribution in [0.25, 0.3) is 0 Å². The molecule has 0 bridgehead atoms. The number of carbonyl (C=O) groups excluding carboxylic acids is 1. The van der Waals surface area contributed by atoms with Gasteiger partial charge in [-0.25, -0.2) is 8.78 Å². The summed E-state index contributed by atoms with van der Waals surface area (Å²) in [5.74, 6) is -6.99. The number of aromatic hydroxyl groups is 1. The molecule has 3 N–H and O–H groups in total. The number of phenols is 1. The van der Waals surface area contributed by atoms with Gasteiger partial charge in [0.1, 0.15) is 0 Å². The summed E-state index contributed by atoms with van der Waals surface area (Å²) in [6, 6.07) is 0.415. The summed E-state index contributed by atoms with van der Waals surface area (Å²) in [5.41, 5.74) is -0.745. The molecule has 4 nitrogen and oxygen atoms in total. The maximum atomic E-state index is 13.6. The van der Waals surface area contributed by atoms with Crippen molar-refractivity contribution in [2.45, 2.75) is 19.3 Å². The maximum Gasteiger partial charge on any atom is 0.254 e. The normalized spacial score (nSPS) is 21.5. The van der Waals surface area contributed by atoms with Crippen LogP contribution in [0.5, 0.6) is 5.75 Å². The van der Waals surface area contributed by atoms with Gasteiger partial charge in [-0.2, -0.15) is 4.39 Å². The lowest BCUT2D eigenvalue weighted by molar-refractivity contribution is 0.0932. The minimum atomic E-state index is -1.72. The first-order chi connectivity index (χ1) is 9.95. The van der Waals surface area contributed by atoms with Crippen LogP contribution in [0, 0.1) is 29.3 Å². The molecule has 21 heavy (non-hydrogen) atoms. The number of carbonyl (C=O) groups is 1. The number of aliphatic hydroxyl groups excluding tert-OH is 1. The molecule has 1 aliphatic carbocycles. The second kappa shape index (κ2) is 6.34. The molecule has 1 saturated carbocycles. The van der Waals surface area contributed by atoms with Gasteiger partial charge < -0.3 is 15.5 Å². The Labute approximate surface area is 119 Å². The highest BCUT2D eigenvalue weighted by molar-refractivity contribution is 5.95. The highest BCUT2D eigenvalue weighted by Gasteiger charge is 2.28. The molecule has 116 valence electrons. The van der Waals surface area contributed by atoms with Crippen LogP contribution in [0.3, 0.4) is 0 Å². The second-order valence-corrected chi connectivity index (χ2v) is 5.23. The van der Waals surface area contributed by atoms with Gasteiger partial charge in [0.25, 0.3) is 5.91 Å². The van der Waals surface area contributed by atoms with Crippen LogP contribution in [0.4, 0.5) is 13.2 Å². The summed E-state index contributed by atoms with van der Waals surface area (Å²) in [6.07, 6.45) is 2.63. The van der Waals surface area contributed by atoms with E-state index < -0.39 is 34.7 Å². The molecule has 1 aromatic rings. The molecule has 1 aromatic carbocycles. The average molecular weight is 303 g/mol. The van der Waals surface area contributed by atoms with Crippen molar-refractivity contribution in [3.63, 3.8) is 0 Å². The zero-order valence-corrected chi connectivity index (χ0v) is 11.2. The standard InChI is InChI=1S/C14H16F3NO3/c15-10-4-9(11(16)13(20)12(10)17)14(21)18-5-7-2-1-3-8(7)6-19/h4,7-8,19-20H,1-3,5-6H2,(H,18,21). The molecule has 0 radical (unpaired) electrons. The van der Waals surface area contributed by atoms with E-state index in [4.69, 9.17) is 10.2 Å². The van der Waals surface area contributed by atoms with Crippen molar-refractivity contribution in [3.05, 3.63) is 29.1 Å². The van der Waals surface area contributed by atoms with E-state index in [0.29, 0.717) is 6.07 Å². The second-order valence-electron chi connectivity index (χ2n) is 5.23. The van der Waals surface area contributed by atoms with E-state index in [0.717, 1.165) is 19.3 Å². The Morgan fingerprint density at radius 3 is 2.57 bits per heavy atom. The molecule has 0 saturated heterocycles. The molecule has 1 amide bonds. The Morgan fingerprint density at radius 1 is 1.24 bits per heavy atom. The van der Waals surface area contributed by atoms with Crippen LogP contribution >= 0.6 is 0 Å². The maximum absolute atomic E-state index is 13.6. The molecule has 2 rings (SSSR count). The van der Waals surface area contributed by atoms with Crippen molar-refractivity contribution in [1.82, 2.24) is 5.32 Å². The summed E-state index contributed by atoms with van der Waals surface area (Å²) in [6.45, 7) is 0.226. The smallest absolute Gasteiger partial charge is 0.254 e. The minimum absolute atomic E-state index is 0.0147. The summed E-state index contributed by atoms with van der Waals surface area (Å²) < 4.78 is 39.6. The van der Waals surface area contributed by atoms with Crippen molar-refractivity contribution in [1.29, 1.82) is 0 Å². The van der Waals surface area contributed by atoms with Crippen LogP contribution < -0.4 is 5.32 Å². The van der Waals surface area contributed by atoms with Gasteiger partial charge in [0.2, 0.25) is 5.82 Å². The van der Waals surface area contributed by atoms with E-state index in [1.54, 1.807) is 0 Å². The molecule has 2 atom stereocenters. The Morgan fingerprint density at radius 2 is 1.90 bits per heavy atom. The first kappa shape index (κ1) is 15.6. The molecule has 0 heterocycles. The first-order valence-corrected chi connectivity index (χ1v) is 6.71. The number of halogens is 3. The molecule has 1 aliphatic rings. The third kappa shape index (κ3) is 3.12. The Bertz CT molecular complexity index is 551. The van der Waals surface area contributed by atoms with Gasteiger partial charge in [-0.1, -0.05) is 6.42 Å². The van der Waals surface area contributed by atoms with Gasteiger partial charge in [-0.3, -0.25) is 4.79 Å². The SMILES string of the molecule is O=C(NCC1CCCC1CO)c1cc(F)c(F)c(O)c1F. The van der Waals surface area contributed by atoms with Crippen LogP contribution in [-0.2, 0) is 0 Å². The number of phenolic OH excluding ortho intramolecular Hbond substituents is 1. The Balaban J connectivity index is 2.07. The summed E-state index contributed by atoms with van der Waals surface area (Å²) in [4.78, 5) is 11.8. The number of nitrogens with one attached hydrogen (secondary N) is 1. The highest BCUT2D eigenvalue weighted by Crippen LogP contribution is 2.31. The topological polar surface area (TPSA) is 69.6 Å². The molecule has 2 unspecified atom stereocenters. The third-order valence-electron chi connectivity index (χ3n) is 3.95. The highest BCUT2D eigenvalue weighted by atomic mass is 19.2. The van der Waals surface area contributed by atoms with E-state index in [1.165, 1.54) is 0 Å². The van der Waals surface area contributed by atoms with Gasteiger partial charge in [0.15, 0.2) is 17.4 Å². The molecule has 1 fully saturated rings. The Kier molecular flexibility index (Phi) is 4.72. The molecular formula is C14H16F3NO3. The van der Waals surface area contributed by atoms with E-state index in [2.05, 4.69) is 5.32 Å². The number of aliphatic hydroxyl groups is 1. The summed E-state index contributed by atoms with van der Waals surface area (Å²) >= 11 is 0. The lowest BCUT2D eigenvalue weighted by Crippen LogP contribution is -2.32. The predicted molar refractivity (Wildman–Crippen MR) is 68.2 cm³/mol. The molecule has 0 spiro atoms. The lowest BCUT2D eigenvalue weighted by atomic mass is 9.97. The van der Waals surface area contributed by atoms with Crippen molar-refractivity contribution in [2.75, 3.05) is 13.2 Å². The van der Waals surface area contributed by atoms with Crippen LogP contribution in [0.1, 0.15) is 29.6 Å². The van der Waals surface area contributed by atoms with E-state index in [-0.39, 0.29) is 25.0 Å². The van der Waals surface area contributed by atoms with Crippen LogP contribution in [0.15, 0.2) is 6.07 Å². The monoisotopic (exact) mass is 303 g/mol. The van der Waals surface area contributed by atoms with E-state index in [1.807, 2.05) is 0 Å². The zero-order chi connectivity index (χ0) is 15.6. The average Bonchev–Trinajstić information content (AvgIpc) is 2.93. The van der Waals surface area contributed by atoms with Crippen molar-refractivity contribution < 1.29 is 28.2 Å². The van der Waals surface area contributed by atoms with Gasteiger partial charge in [0, 0.05) is 13.2 Å². The van der Waals surface area contributed by atoms with Gasteiger partial charge in [-0.15, -0.1) is 0 Å². The van der Waals surface area contributed by atoms with Gasteiger partial charge >= 0.3 is 0 Å². The predicted octanol–water partition coefficient (Wildman–Crippen LogP) is 1.95. The molecule has 7 heteroatoms. The quantitative estimate of drug-likeness (QED) is 0.745. The van der Waals surface area contributed by atoms with Gasteiger partial charge in [-0.05, 0) is 30.7 Å². The fourth-order valence-electron chi connectivity index (χ4n) is 2.70. The van der Waals surface area contributed by atoms with Crippen molar-refractivity contribution in [2.24, 2.45) is 11.8 Å². The first-order valence-electron chi connectivity index (χ1n) is 6.71.